The van der Waals surface area contributed by atoms with Gasteiger partial charge in [-0.05, 0) is 147 Å². The van der Waals surface area contributed by atoms with Gasteiger partial charge in [-0.25, -0.2) is 27.1 Å². The minimum absolute atomic E-state index is 0.0245. The van der Waals surface area contributed by atoms with Crippen molar-refractivity contribution in [1.82, 2.24) is 9.97 Å². The molecule has 1 aromatic carbocycles. The fraction of sp³-hybridized carbons (Fsp3) is 0.712. The number of aromatic nitrogens is 2. The SMILES string of the molecule is CC(C)c1nc(N(C)S(C)(=O)=O)nc(-c2ccc(F)cc2)c1/C=C/[C@@H](O)C[C@@H](O)CC(=O)OCC(=O)C[C@@H]1CC[C@@]2(C)C(C1)C[C@H](O)[C@H]1[C@@H]3CC[C@H]([C@@H](C)CCC(=O)CCCS(=O)(=O)O)[C@@]3(C)CC[C@@H]12. The monoisotopic (exact) mass is 1020 g/mol. The zero-order valence-corrected chi connectivity index (χ0v) is 43.6. The first-order chi connectivity index (χ1) is 32.7. The Morgan fingerprint density at radius 1 is 0.929 bits per heavy atom. The van der Waals surface area contributed by atoms with Crippen molar-refractivity contribution in [2.45, 2.75) is 155 Å². The Balaban J connectivity index is 0.978. The Labute approximate surface area is 414 Å². The molecular weight excluding hydrogens is 942 g/mol. The van der Waals surface area contributed by atoms with Crippen molar-refractivity contribution in [1.29, 1.82) is 0 Å². The Hall–Kier alpha value is -3.68. The average Bonchev–Trinajstić information content (AvgIpc) is 3.63. The van der Waals surface area contributed by atoms with Crippen LogP contribution in [0.15, 0.2) is 30.3 Å². The lowest BCUT2D eigenvalue weighted by Crippen LogP contribution is -2.58. The maximum atomic E-state index is 13.9. The van der Waals surface area contributed by atoms with Gasteiger partial charge in [-0.1, -0.05) is 46.8 Å². The highest BCUT2D eigenvalue weighted by molar-refractivity contribution is 7.92. The van der Waals surface area contributed by atoms with Gasteiger partial charge in [0.1, 0.15) is 18.2 Å². The van der Waals surface area contributed by atoms with E-state index in [2.05, 4.69) is 30.7 Å². The molecule has 1 aromatic heterocycles. The number of ketones is 2. The molecule has 0 radical (unpaired) electrons. The third-order valence-electron chi connectivity index (χ3n) is 17.0. The summed E-state index contributed by atoms with van der Waals surface area (Å²) in [4.78, 5) is 47.6. The van der Waals surface area contributed by atoms with Gasteiger partial charge < -0.3 is 20.1 Å². The molecule has 4 fully saturated rings. The number of rotatable bonds is 22. The van der Waals surface area contributed by atoms with E-state index in [1.54, 1.807) is 6.08 Å². The molecule has 1 unspecified atom stereocenters. The summed E-state index contributed by atoms with van der Waals surface area (Å²) < 4.78 is 76.1. The van der Waals surface area contributed by atoms with Crippen molar-refractivity contribution in [3.63, 3.8) is 0 Å². The Morgan fingerprint density at radius 3 is 2.26 bits per heavy atom. The molecule has 70 heavy (non-hydrogen) atoms. The number of nitrogens with zero attached hydrogens (tertiary/aromatic N) is 3. The van der Waals surface area contributed by atoms with E-state index >= 15 is 0 Å². The molecule has 4 N–H and O–H groups in total. The van der Waals surface area contributed by atoms with E-state index in [1.807, 2.05) is 13.8 Å². The first-order valence-electron chi connectivity index (χ1n) is 25.2. The number of benzene rings is 1. The highest BCUT2D eigenvalue weighted by Gasteiger charge is 2.63. The smallest absolute Gasteiger partial charge is 0.308 e. The van der Waals surface area contributed by atoms with Gasteiger partial charge in [0.2, 0.25) is 16.0 Å². The number of ether oxygens (including phenoxy) is 1. The van der Waals surface area contributed by atoms with Crippen LogP contribution in [0, 0.1) is 58.1 Å². The third-order valence-corrected chi connectivity index (χ3v) is 19.0. The number of aliphatic hydroxyl groups excluding tert-OH is 3. The predicted molar refractivity (Wildman–Crippen MR) is 265 cm³/mol. The van der Waals surface area contributed by atoms with Gasteiger partial charge in [0.05, 0.1) is 48.1 Å². The lowest BCUT2D eigenvalue weighted by atomic mass is 9.43. The number of esters is 1. The van der Waals surface area contributed by atoms with E-state index in [0.717, 1.165) is 61.9 Å². The Bertz CT molecular complexity index is 2450. The molecule has 390 valence electrons. The number of hydrogen-bond acceptors (Lipinski definition) is 13. The third kappa shape index (κ3) is 13.3. The molecular formula is C52H76FN3O12S2. The number of halogens is 1. The Morgan fingerprint density at radius 2 is 1.60 bits per heavy atom. The summed E-state index contributed by atoms with van der Waals surface area (Å²) in [6, 6.07) is 5.51. The van der Waals surface area contributed by atoms with E-state index in [0.29, 0.717) is 59.0 Å². The number of aliphatic hydroxyl groups is 3. The van der Waals surface area contributed by atoms with Crippen LogP contribution >= 0.6 is 0 Å². The lowest BCUT2D eigenvalue weighted by Gasteiger charge is -2.62. The van der Waals surface area contributed by atoms with Crippen molar-refractivity contribution in [3.05, 3.63) is 47.4 Å². The second-order valence-electron chi connectivity index (χ2n) is 22.1. The van der Waals surface area contributed by atoms with Gasteiger partial charge in [0.15, 0.2) is 5.78 Å². The van der Waals surface area contributed by atoms with Gasteiger partial charge in [-0.2, -0.15) is 8.42 Å². The van der Waals surface area contributed by atoms with Crippen LogP contribution in [-0.2, 0) is 39.3 Å². The van der Waals surface area contributed by atoms with Crippen molar-refractivity contribution in [3.8, 4) is 11.3 Å². The van der Waals surface area contributed by atoms with Crippen molar-refractivity contribution < 1.29 is 60.2 Å². The molecule has 0 bridgehead atoms. The fourth-order valence-corrected chi connectivity index (χ4v) is 14.2. The van der Waals surface area contributed by atoms with Crippen LogP contribution in [0.3, 0.4) is 0 Å². The summed E-state index contributed by atoms with van der Waals surface area (Å²) in [7, 11) is -6.48. The zero-order valence-electron chi connectivity index (χ0n) is 41.9. The second kappa shape index (κ2) is 22.6. The molecule has 4 aliphatic rings. The average molecular weight is 1020 g/mol. The second-order valence-corrected chi connectivity index (χ2v) is 25.7. The van der Waals surface area contributed by atoms with Gasteiger partial charge in [-0.15, -0.1) is 0 Å². The summed E-state index contributed by atoms with van der Waals surface area (Å²) in [5.41, 5.74) is 1.81. The summed E-state index contributed by atoms with van der Waals surface area (Å²) in [5, 5.41) is 33.6. The summed E-state index contributed by atoms with van der Waals surface area (Å²) in [6.45, 7) is 10.3. The van der Waals surface area contributed by atoms with Gasteiger partial charge >= 0.3 is 5.97 Å². The number of sulfonamides is 1. The maximum Gasteiger partial charge on any atom is 0.308 e. The number of Topliss-reactive ketones (excluding diaryl/α,β-unsaturated/α-hetero) is 2. The van der Waals surface area contributed by atoms with Gasteiger partial charge in [0, 0.05) is 43.9 Å². The highest BCUT2D eigenvalue weighted by atomic mass is 32.2. The molecule has 12 atom stereocenters. The highest BCUT2D eigenvalue weighted by Crippen LogP contribution is 2.69. The number of fused-ring (bicyclic) bond motifs is 5. The van der Waals surface area contributed by atoms with Crippen LogP contribution < -0.4 is 4.31 Å². The molecule has 0 amide bonds. The van der Waals surface area contributed by atoms with Gasteiger partial charge in [0.25, 0.3) is 10.1 Å². The minimum Gasteiger partial charge on any atom is -0.458 e. The normalized spacial score (nSPS) is 29.2. The quantitative estimate of drug-likeness (QED) is 0.0653. The van der Waals surface area contributed by atoms with E-state index in [1.165, 1.54) is 37.4 Å². The minimum atomic E-state index is -4.08. The molecule has 15 nitrogen and oxygen atoms in total. The summed E-state index contributed by atoms with van der Waals surface area (Å²) in [6.07, 6.45) is 9.57. The molecule has 1 heterocycles. The van der Waals surface area contributed by atoms with Gasteiger partial charge in [-0.3, -0.25) is 18.9 Å². The fourth-order valence-electron chi connectivity index (χ4n) is 13.3. The van der Waals surface area contributed by atoms with Crippen LogP contribution in [-0.4, -0.2) is 108 Å². The van der Waals surface area contributed by atoms with Crippen molar-refractivity contribution in [2.75, 3.05) is 30.0 Å². The number of carbonyl (C=O) groups excluding carboxylic acids is 3. The van der Waals surface area contributed by atoms with E-state index < -0.39 is 69.0 Å². The first-order valence-corrected chi connectivity index (χ1v) is 28.6. The lowest BCUT2D eigenvalue weighted by molar-refractivity contribution is -0.170. The molecule has 0 saturated heterocycles. The molecule has 6 rings (SSSR count). The number of hydrogen-bond donors (Lipinski definition) is 4. The van der Waals surface area contributed by atoms with Crippen LogP contribution in [0.25, 0.3) is 17.3 Å². The zero-order chi connectivity index (χ0) is 51.5. The Kier molecular flexibility index (Phi) is 18.0. The van der Waals surface area contributed by atoms with Crippen LogP contribution in [0.4, 0.5) is 10.3 Å². The van der Waals surface area contributed by atoms with E-state index in [4.69, 9.17) is 9.29 Å². The van der Waals surface area contributed by atoms with Crippen molar-refractivity contribution >= 4 is 49.7 Å². The largest absolute Gasteiger partial charge is 0.458 e. The molecule has 4 saturated carbocycles. The van der Waals surface area contributed by atoms with Crippen LogP contribution in [0.2, 0.25) is 0 Å². The maximum absolute atomic E-state index is 13.9. The molecule has 2 aromatic rings. The van der Waals surface area contributed by atoms with Crippen LogP contribution in [0.1, 0.15) is 148 Å². The topological polar surface area (TPSA) is 239 Å². The summed E-state index contributed by atoms with van der Waals surface area (Å²) >= 11 is 0. The summed E-state index contributed by atoms with van der Waals surface area (Å²) in [5.74, 6) is -0.0556. The first kappa shape index (κ1) is 55.6. The van der Waals surface area contributed by atoms with E-state index in [-0.39, 0.29) is 77.7 Å². The molecule has 18 heteroatoms. The molecule has 0 aliphatic heterocycles. The predicted octanol–water partition coefficient (Wildman–Crippen LogP) is 7.72. The molecule has 4 aliphatic carbocycles. The van der Waals surface area contributed by atoms with Crippen molar-refractivity contribution in [2.24, 2.45) is 52.3 Å². The van der Waals surface area contributed by atoms with Crippen LogP contribution in [0.5, 0.6) is 0 Å². The van der Waals surface area contributed by atoms with E-state index in [9.17, 15) is 50.9 Å². The molecule has 0 spiro atoms. The number of anilines is 1. The standard InChI is InChI=1S/C52H76FN3O12S2/c1-31(2)48-41(49(34-11-13-36(53)14-12-34)55-50(54-48)56(6)69(7,63)64)17-16-38(58)28-39(59)29-46(62)68-30-40(60)26-33-20-22-51(4)35(25-33)27-45(61)47-43-19-18-42(52(43,5)23-21-44(47)51)32(3)10-15-37(57)9-8-24-70(65,66)67/h11-14,16-17,31-33,35,38-39,42-45,47,58-59,61H,8-10,15,18-30H2,1-7H3,(H,65,66,67)/b17-16+/t32-,33+,35?,38+,39+,42+,43-,44-,45-,47-,51-,52+/m0/s1. The number of carbonyl (C=O) groups is 3.